The molecule has 0 spiro atoms. The molecule has 0 unspecified atom stereocenters. The first-order chi connectivity index (χ1) is 5.00. The van der Waals surface area contributed by atoms with Crippen LogP contribution < -0.4 is 0 Å². The van der Waals surface area contributed by atoms with Gasteiger partial charge in [0.15, 0.2) is 0 Å². The molecule has 0 aliphatic rings. The van der Waals surface area contributed by atoms with Crippen molar-refractivity contribution in [2.75, 3.05) is 0 Å². The topological polar surface area (TPSA) is 60.7 Å². The Morgan fingerprint density at radius 3 is 0.727 bits per heavy atom. The summed E-state index contributed by atoms with van der Waals surface area (Å²) in [6.45, 7) is 18.9. The minimum atomic E-state index is -2.50. The molecule has 0 heterocycles. The number of aliphatic hydroxyl groups is 3. The summed E-state index contributed by atoms with van der Waals surface area (Å²) in [5.74, 6) is -2.50. The highest BCUT2D eigenvalue weighted by Crippen LogP contribution is 1.82. The van der Waals surface area contributed by atoms with Crippen LogP contribution >= 0.6 is 0 Å². The van der Waals surface area contributed by atoms with E-state index in [1.807, 2.05) is 0 Å². The van der Waals surface area contributed by atoms with Crippen LogP contribution in [0, 0.1) is 0 Å². The molecule has 0 saturated carbocycles. The van der Waals surface area contributed by atoms with Gasteiger partial charge in [0, 0.05) is 6.92 Å². The van der Waals surface area contributed by atoms with E-state index in [-0.39, 0.29) is 0 Å². The van der Waals surface area contributed by atoms with Gasteiger partial charge in [-0.3, -0.25) is 0 Å². The van der Waals surface area contributed by atoms with Crippen LogP contribution in [-0.2, 0) is 0 Å². The molecular formula is C8H18O3. The maximum absolute atomic E-state index is 7.63. The van der Waals surface area contributed by atoms with Crippen LogP contribution in [0.15, 0.2) is 39.5 Å². The van der Waals surface area contributed by atoms with Crippen LogP contribution in [-0.4, -0.2) is 21.3 Å². The van der Waals surface area contributed by atoms with Crippen LogP contribution in [0.25, 0.3) is 0 Å². The van der Waals surface area contributed by atoms with Gasteiger partial charge < -0.3 is 15.3 Å². The highest BCUT2D eigenvalue weighted by molar-refractivity contribution is 4.23. The molecule has 0 radical (unpaired) electrons. The third-order valence-electron chi connectivity index (χ3n) is 0. The third-order valence-corrected chi connectivity index (χ3v) is 0. The van der Waals surface area contributed by atoms with Gasteiger partial charge in [0.1, 0.15) is 0 Å². The largest absolute Gasteiger partial charge is 0.344 e. The first-order valence-corrected chi connectivity index (χ1v) is 2.67. The van der Waals surface area contributed by atoms with Gasteiger partial charge in [-0.05, 0) is 0 Å². The van der Waals surface area contributed by atoms with Crippen molar-refractivity contribution in [2.24, 2.45) is 0 Å². The Morgan fingerprint density at radius 1 is 0.727 bits per heavy atom. The lowest BCUT2D eigenvalue weighted by atomic mass is 10.7. The Balaban J connectivity index is -0.0000000350. The normalized spacial score (nSPS) is 6.55. The molecular weight excluding hydrogens is 144 g/mol. The maximum atomic E-state index is 7.63. The minimum absolute atomic E-state index is 0.854. The van der Waals surface area contributed by atoms with Gasteiger partial charge >= 0.3 is 0 Å². The second kappa shape index (κ2) is 23.0. The molecule has 0 rings (SSSR count). The fraction of sp³-hybridized carbons (Fsp3) is 0.250. The summed E-state index contributed by atoms with van der Waals surface area (Å²) in [7, 11) is 0. The Hall–Kier alpha value is -0.900. The lowest BCUT2D eigenvalue weighted by Crippen LogP contribution is -2.20. The molecule has 0 aromatic carbocycles. The molecule has 0 aromatic rings. The van der Waals surface area contributed by atoms with Crippen molar-refractivity contribution in [1.29, 1.82) is 0 Å². The van der Waals surface area contributed by atoms with Gasteiger partial charge in [-0.1, -0.05) is 0 Å². The molecule has 0 saturated heterocycles. The molecule has 0 aliphatic heterocycles. The zero-order valence-corrected chi connectivity index (χ0v) is 7.08. The molecule has 0 atom stereocenters. The van der Waals surface area contributed by atoms with E-state index in [1.54, 1.807) is 0 Å². The zero-order valence-electron chi connectivity index (χ0n) is 7.08. The summed E-state index contributed by atoms with van der Waals surface area (Å²) in [6.07, 6.45) is 0. The number of hydrogen-bond donors (Lipinski definition) is 3. The first kappa shape index (κ1) is 22.5. The maximum Gasteiger partial charge on any atom is 0.272 e. The van der Waals surface area contributed by atoms with Crippen molar-refractivity contribution in [2.45, 2.75) is 12.9 Å². The van der Waals surface area contributed by atoms with Crippen molar-refractivity contribution in [3.63, 3.8) is 0 Å². The van der Waals surface area contributed by atoms with E-state index in [4.69, 9.17) is 15.3 Å². The summed E-state index contributed by atoms with van der Waals surface area (Å²) in [5, 5.41) is 22.9. The van der Waals surface area contributed by atoms with Gasteiger partial charge in [-0.25, -0.2) is 0 Å². The van der Waals surface area contributed by atoms with Crippen LogP contribution in [0.2, 0.25) is 0 Å². The van der Waals surface area contributed by atoms with Crippen molar-refractivity contribution in [3.05, 3.63) is 39.5 Å². The quantitative estimate of drug-likeness (QED) is 0.368. The average molecular weight is 162 g/mol. The van der Waals surface area contributed by atoms with Crippen LogP contribution in [0.4, 0.5) is 0 Å². The second-order valence-electron chi connectivity index (χ2n) is 0.971. The van der Waals surface area contributed by atoms with Crippen LogP contribution in [0.1, 0.15) is 6.92 Å². The van der Waals surface area contributed by atoms with Crippen LogP contribution in [0.5, 0.6) is 0 Å². The summed E-state index contributed by atoms with van der Waals surface area (Å²) in [4.78, 5) is 0. The van der Waals surface area contributed by atoms with Gasteiger partial charge in [-0.2, -0.15) is 0 Å². The fourth-order valence-electron chi connectivity index (χ4n) is 0. The lowest BCUT2D eigenvalue weighted by molar-refractivity contribution is -0.297. The molecule has 0 aliphatic carbocycles. The van der Waals surface area contributed by atoms with Gasteiger partial charge in [0.2, 0.25) is 0 Å². The van der Waals surface area contributed by atoms with Gasteiger partial charge in [0.25, 0.3) is 5.97 Å². The molecule has 11 heavy (non-hydrogen) atoms. The molecule has 3 N–H and O–H groups in total. The zero-order chi connectivity index (χ0) is 10.5. The minimum Gasteiger partial charge on any atom is -0.344 e. The summed E-state index contributed by atoms with van der Waals surface area (Å²) in [5.41, 5.74) is 0. The third kappa shape index (κ3) is 566. The smallest absolute Gasteiger partial charge is 0.272 e. The van der Waals surface area contributed by atoms with Crippen molar-refractivity contribution < 1.29 is 15.3 Å². The van der Waals surface area contributed by atoms with Crippen molar-refractivity contribution in [3.8, 4) is 0 Å². The number of rotatable bonds is 0. The molecule has 0 fully saturated rings. The van der Waals surface area contributed by atoms with E-state index in [0.29, 0.717) is 0 Å². The number of hydrogen-bond acceptors (Lipinski definition) is 3. The second-order valence-corrected chi connectivity index (χ2v) is 0.971. The van der Waals surface area contributed by atoms with E-state index in [0.717, 1.165) is 6.92 Å². The van der Waals surface area contributed by atoms with Gasteiger partial charge in [0.05, 0.1) is 0 Å². The van der Waals surface area contributed by atoms with E-state index in [1.165, 1.54) is 0 Å². The molecule has 0 aromatic heterocycles. The molecule has 3 heteroatoms. The molecule has 68 valence electrons. The monoisotopic (exact) mass is 162 g/mol. The van der Waals surface area contributed by atoms with E-state index in [9.17, 15) is 0 Å². The van der Waals surface area contributed by atoms with Crippen LogP contribution in [0.3, 0.4) is 0 Å². The first-order valence-electron chi connectivity index (χ1n) is 2.67. The average Bonchev–Trinajstić information content (AvgIpc) is 1.96. The summed E-state index contributed by atoms with van der Waals surface area (Å²) in [6, 6.07) is 0. The van der Waals surface area contributed by atoms with E-state index >= 15 is 0 Å². The lowest BCUT2D eigenvalue weighted by Gasteiger charge is -2.01. The fourth-order valence-corrected chi connectivity index (χ4v) is 0. The summed E-state index contributed by atoms with van der Waals surface area (Å²) >= 11 is 0. The van der Waals surface area contributed by atoms with Crippen molar-refractivity contribution >= 4 is 0 Å². The molecule has 3 nitrogen and oxygen atoms in total. The Bertz CT molecular complexity index is 46.1. The Labute approximate surface area is 68.6 Å². The predicted octanol–water partition coefficient (Wildman–Crippen LogP) is 1.04. The Morgan fingerprint density at radius 2 is 0.727 bits per heavy atom. The highest BCUT2D eigenvalue weighted by atomic mass is 16.7. The molecule has 0 amide bonds. The standard InChI is InChI=1S/C2H6O3.3C2H4/c1-2(3,4)5;3*1-2/h3-5H,1H3;3*1-2H2. The molecule has 0 bridgehead atoms. The van der Waals surface area contributed by atoms with Gasteiger partial charge in [-0.15, -0.1) is 39.5 Å². The van der Waals surface area contributed by atoms with E-state index < -0.39 is 5.97 Å². The Kier molecular flexibility index (Phi) is 46.9. The van der Waals surface area contributed by atoms with Crippen molar-refractivity contribution in [1.82, 2.24) is 0 Å². The highest BCUT2D eigenvalue weighted by Gasteiger charge is 2.03. The van der Waals surface area contributed by atoms with E-state index in [2.05, 4.69) is 39.5 Å². The predicted molar refractivity (Wildman–Crippen MR) is 48.8 cm³/mol. The SMILES string of the molecule is C=C.C=C.C=C.CC(O)(O)O. The summed E-state index contributed by atoms with van der Waals surface area (Å²) < 4.78 is 0.